The molecule has 0 N–H and O–H groups in total. The lowest BCUT2D eigenvalue weighted by molar-refractivity contribution is -0.118. The fraction of sp³-hybridized carbons (Fsp3) is 0.426. The Balaban J connectivity index is 0.000000140. The van der Waals surface area contributed by atoms with Gasteiger partial charge in [-0.2, -0.15) is 25.5 Å². The number of hydrogen-bond donors (Lipinski definition) is 0. The number of nitrogens with zero attached hydrogens (tertiary/aromatic N) is 26. The Labute approximate surface area is 757 Å². The Morgan fingerprint density at radius 1 is 0.208 bits per heavy atom. The van der Waals surface area contributed by atoms with Crippen molar-refractivity contribution in [3.8, 4) is 0 Å². The van der Waals surface area contributed by atoms with E-state index in [0.717, 1.165) is 114 Å². The summed E-state index contributed by atoms with van der Waals surface area (Å²) in [4.78, 5) is 174. The Morgan fingerprint density at radius 3 is 1.15 bits per heavy atom. The zero-order valence-electron chi connectivity index (χ0n) is 77.4. The molecular weight excluding hydrogens is 1650 g/mol. The molecule has 0 unspecified atom stereocenters. The molecule has 0 atom stereocenters. The zero-order chi connectivity index (χ0) is 94.2. The van der Waals surface area contributed by atoms with Gasteiger partial charge in [-0.25, -0.2) is 29.9 Å². The van der Waals surface area contributed by atoms with E-state index in [1.54, 1.807) is 121 Å². The van der Waals surface area contributed by atoms with Gasteiger partial charge in [0.25, 0.3) is 0 Å². The van der Waals surface area contributed by atoms with Gasteiger partial charge >= 0.3 is 0 Å². The van der Waals surface area contributed by atoms with E-state index in [-0.39, 0.29) is 119 Å². The maximum atomic E-state index is 11.6. The molecule has 10 amide bonds. The molecule has 680 valence electrons. The van der Waals surface area contributed by atoms with E-state index in [4.69, 9.17) is 0 Å². The van der Waals surface area contributed by atoms with Gasteiger partial charge in [0, 0.05) is 138 Å². The third-order valence-electron chi connectivity index (χ3n) is 21.8. The van der Waals surface area contributed by atoms with Crippen LogP contribution in [0.25, 0.3) is 0 Å². The number of rotatable bonds is 10. The van der Waals surface area contributed by atoms with Gasteiger partial charge in [0.1, 0.15) is 24.3 Å². The van der Waals surface area contributed by atoms with Crippen molar-refractivity contribution in [1.29, 1.82) is 0 Å². The molecule has 10 aromatic heterocycles. The fourth-order valence-corrected chi connectivity index (χ4v) is 16.5. The van der Waals surface area contributed by atoms with E-state index in [1.807, 2.05) is 202 Å². The van der Waals surface area contributed by atoms with E-state index in [0.29, 0.717) is 64.2 Å². The molecule has 0 spiro atoms. The highest BCUT2D eigenvalue weighted by Gasteiger charge is 2.39. The average Bonchev–Trinajstić information content (AvgIpc) is 1.74. The van der Waals surface area contributed by atoms with Crippen LogP contribution in [0.15, 0.2) is 148 Å². The van der Waals surface area contributed by atoms with Crippen molar-refractivity contribution in [3.05, 3.63) is 204 Å². The van der Waals surface area contributed by atoms with E-state index in [9.17, 15) is 47.9 Å². The van der Waals surface area contributed by atoms with Gasteiger partial charge in [-0.3, -0.25) is 87.5 Å². The van der Waals surface area contributed by atoms with Crippen molar-refractivity contribution in [3.63, 3.8) is 0 Å². The Bertz CT molecular complexity index is 4630. The first-order chi connectivity index (χ1) is 62.0. The van der Waals surface area contributed by atoms with Gasteiger partial charge in [0.05, 0.1) is 158 Å². The van der Waals surface area contributed by atoms with Gasteiger partial charge in [-0.1, -0.05) is 6.07 Å². The predicted molar refractivity (Wildman–Crippen MR) is 492 cm³/mol. The number of carbonyl (C=O) groups excluding carboxylic acids is 10. The molecule has 0 bridgehead atoms. The molecule has 0 saturated carbocycles. The van der Waals surface area contributed by atoms with Crippen LogP contribution < -0.4 is 49.0 Å². The molecule has 0 fully saturated rings. The van der Waals surface area contributed by atoms with Crippen molar-refractivity contribution in [2.24, 2.45) is 0 Å². The molecule has 20 rings (SSSR count). The number of amides is 10. The lowest BCUT2D eigenvalue weighted by Crippen LogP contribution is -2.34. The molecule has 0 aromatic carbocycles. The molecule has 36 heteroatoms. The summed E-state index contributed by atoms with van der Waals surface area (Å²) in [6.07, 6.45) is 31.2. The smallest absolute Gasteiger partial charge is 0.234 e. The zero-order valence-corrected chi connectivity index (χ0v) is 77.4. The third-order valence-corrected chi connectivity index (χ3v) is 21.8. The largest absolute Gasteiger partial charge is 0.309 e. The maximum Gasteiger partial charge on any atom is 0.234 e. The number of hydrogen-bond acceptors (Lipinski definition) is 26. The number of fused-ring (bicyclic) bond motifs is 10. The second kappa shape index (κ2) is 43.1. The molecule has 10 aromatic rings. The summed E-state index contributed by atoms with van der Waals surface area (Å²) in [5.74, 6) is 4.42. The highest BCUT2D eigenvalue weighted by atomic mass is 16.2. The number of aromatic nitrogens is 16. The standard InChI is InChI=1S/4C10H12N2O.6C9H11N3O/c1-7(2)12-9-3-4-11-6-8(9)5-10(12)13;1-7(2)12-9-6-11-4-3-8(9)5-10(12)13;1-7(2)12-9-4-3-5-11-8(9)6-10(12)13;1-7(2)12-9(13)6-8-4-3-5-11-10(8)12;1-6(2)12-8-4-10-5-11-7(8)3-9(12)13;1-6(2)12-8-5-11-10-4-7(8)3-9(12)13;1-6(2)12-8(13)3-7-4-10-5-11-9(7)12;1-6(2)12-8(13)5-7-9(12)11-4-3-10-7;1-6(2)12-8-3-4-10-11-7(8)5-9(12)13;1-6(2)12-8(13)5-7-3-4-10-11-9(7)12/h2*3-4,6-7H,5H2,1-2H3;2*3-5,7H,6H2,1-2H3;3*4-6H,3H2,1-2H3;3*3-4,6H,5H2,1-2H3. The van der Waals surface area contributed by atoms with Crippen LogP contribution in [0.4, 0.5) is 57.4 Å². The first-order valence-corrected chi connectivity index (χ1v) is 43.7. The number of carbonyl (C=O) groups is 10. The second-order valence-electron chi connectivity index (χ2n) is 34.5. The molecule has 20 heterocycles. The summed E-state index contributed by atoms with van der Waals surface area (Å²) in [6.45, 7) is 39.9. The fourth-order valence-electron chi connectivity index (χ4n) is 16.5. The summed E-state index contributed by atoms with van der Waals surface area (Å²) in [6, 6.07) is 17.1. The highest BCUT2D eigenvalue weighted by Crippen LogP contribution is 2.36. The van der Waals surface area contributed by atoms with Crippen LogP contribution in [0, 0.1) is 0 Å². The van der Waals surface area contributed by atoms with Gasteiger partial charge < -0.3 is 29.4 Å². The molecule has 0 aliphatic carbocycles. The lowest BCUT2D eigenvalue weighted by Gasteiger charge is -2.21. The minimum atomic E-state index is 0.0937. The quantitative estimate of drug-likeness (QED) is 0.123. The summed E-state index contributed by atoms with van der Waals surface area (Å²) in [5.41, 5.74) is 15.1. The summed E-state index contributed by atoms with van der Waals surface area (Å²) < 4.78 is 0. The Kier molecular flexibility index (Phi) is 31.9. The SMILES string of the molecule is CC(C)N1C(=O)Cc2cccnc21.CC(C)N1C(=O)Cc2ccncc21.CC(C)N1C(=O)Cc2ccnnc21.CC(C)N1C(=O)Cc2cnccc21.CC(C)N1C(=O)Cc2cncnc21.CC(C)N1C(=O)Cc2cnncc21.CC(C)N1C(=O)Cc2ncccc21.CC(C)N1C(=O)Cc2nccnc21.CC(C)N1C(=O)Cc2ncncc21.CC(C)N1C(=O)Cc2nnccc21. The minimum Gasteiger partial charge on any atom is -0.309 e. The van der Waals surface area contributed by atoms with Gasteiger partial charge in [-0.15, -0.1) is 5.10 Å². The van der Waals surface area contributed by atoms with Crippen LogP contribution >= 0.6 is 0 Å². The summed E-state index contributed by atoms with van der Waals surface area (Å²) >= 11 is 0. The normalized spacial score (nSPS) is 15.3. The van der Waals surface area contributed by atoms with Crippen LogP contribution in [0.5, 0.6) is 0 Å². The van der Waals surface area contributed by atoms with Crippen LogP contribution in [-0.2, 0) is 112 Å². The van der Waals surface area contributed by atoms with Gasteiger partial charge in [0.2, 0.25) is 59.1 Å². The minimum absolute atomic E-state index is 0.0937. The second-order valence-corrected chi connectivity index (χ2v) is 34.5. The maximum absolute atomic E-state index is 11.6. The summed E-state index contributed by atoms with van der Waals surface area (Å²) in [5, 5.41) is 23.0. The van der Waals surface area contributed by atoms with Crippen molar-refractivity contribution in [2.75, 3.05) is 49.0 Å². The topological polar surface area (TPSA) is 409 Å². The average molecular weight is 1770 g/mol. The molecule has 36 nitrogen and oxygen atoms in total. The van der Waals surface area contributed by atoms with Crippen molar-refractivity contribution in [2.45, 2.75) is 263 Å². The van der Waals surface area contributed by atoms with Crippen LogP contribution in [0.3, 0.4) is 0 Å². The van der Waals surface area contributed by atoms with E-state index >= 15 is 0 Å². The van der Waals surface area contributed by atoms with E-state index in [1.165, 1.54) is 12.7 Å². The molecule has 130 heavy (non-hydrogen) atoms. The Hall–Kier alpha value is -14.2. The van der Waals surface area contributed by atoms with E-state index in [2.05, 4.69) is 80.4 Å². The monoisotopic (exact) mass is 1770 g/mol. The first-order valence-electron chi connectivity index (χ1n) is 43.7. The first kappa shape index (κ1) is 96.4. The highest BCUT2D eigenvalue weighted by molar-refractivity contribution is 6.07. The van der Waals surface area contributed by atoms with Crippen LogP contribution in [0.2, 0.25) is 0 Å². The number of anilines is 10. The molecule has 0 radical (unpaired) electrons. The van der Waals surface area contributed by atoms with Gasteiger partial charge in [-0.05, 0) is 187 Å². The third kappa shape index (κ3) is 22.1. The van der Waals surface area contributed by atoms with Crippen LogP contribution in [-0.4, -0.2) is 200 Å². The molecule has 10 aliphatic heterocycles. The Morgan fingerprint density at radius 2 is 0.546 bits per heavy atom. The van der Waals surface area contributed by atoms with Crippen molar-refractivity contribution < 1.29 is 47.9 Å². The summed E-state index contributed by atoms with van der Waals surface area (Å²) in [7, 11) is 0. The molecule has 0 saturated heterocycles. The molecule has 10 aliphatic rings. The molecular formula is C94H114N26O10. The van der Waals surface area contributed by atoms with Crippen LogP contribution in [0.1, 0.15) is 195 Å². The van der Waals surface area contributed by atoms with E-state index < -0.39 is 0 Å². The van der Waals surface area contributed by atoms with Gasteiger partial charge in [0.15, 0.2) is 11.6 Å². The number of pyridine rings is 4. The van der Waals surface area contributed by atoms with Crippen molar-refractivity contribution in [1.82, 2.24) is 80.4 Å². The lowest BCUT2D eigenvalue weighted by atomic mass is 10.2. The predicted octanol–water partition coefficient (Wildman–Crippen LogP) is 10.2. The van der Waals surface area contributed by atoms with Crippen molar-refractivity contribution >= 4 is 116 Å².